The molecule has 0 atom stereocenters. The summed E-state index contributed by atoms with van der Waals surface area (Å²) in [6, 6.07) is 15.0. The van der Waals surface area contributed by atoms with E-state index in [4.69, 9.17) is 8.92 Å². The van der Waals surface area contributed by atoms with Crippen molar-refractivity contribution in [3.05, 3.63) is 65.6 Å². The Morgan fingerprint density at radius 3 is 2.58 bits per heavy atom. The fourth-order valence-electron chi connectivity index (χ4n) is 1.80. The first kappa shape index (κ1) is 17.6. The third kappa shape index (κ3) is 5.77. The predicted octanol–water partition coefficient (Wildman–Crippen LogP) is 3.63. The molecule has 2 rings (SSSR count). The molecule has 0 aliphatic carbocycles. The predicted molar refractivity (Wildman–Crippen MR) is 92.1 cm³/mol. The van der Waals surface area contributed by atoms with Gasteiger partial charge in [-0.1, -0.05) is 36.4 Å². The standard InChI is InChI=1S/C17H17NO5S/c1-2-22-17(19)18-15-9-6-10-16(13-15)23-24(20,21)12-11-14-7-4-3-5-8-14/h3-13H,2H2,1H3,(H,18,19). The highest BCUT2D eigenvalue weighted by atomic mass is 32.2. The van der Waals surface area contributed by atoms with Crippen LogP contribution in [0.25, 0.3) is 6.08 Å². The van der Waals surface area contributed by atoms with Crippen molar-refractivity contribution in [3.8, 4) is 5.75 Å². The zero-order chi connectivity index (χ0) is 17.4. The Morgan fingerprint density at radius 1 is 1.12 bits per heavy atom. The Labute approximate surface area is 140 Å². The molecule has 2 aromatic rings. The van der Waals surface area contributed by atoms with Crippen LogP contribution in [0, 0.1) is 0 Å². The van der Waals surface area contributed by atoms with Gasteiger partial charge in [0, 0.05) is 11.8 Å². The topological polar surface area (TPSA) is 81.7 Å². The van der Waals surface area contributed by atoms with E-state index in [9.17, 15) is 13.2 Å². The molecular weight excluding hydrogens is 330 g/mol. The van der Waals surface area contributed by atoms with Crippen LogP contribution in [-0.4, -0.2) is 21.1 Å². The highest BCUT2D eigenvalue weighted by Crippen LogP contribution is 2.20. The molecule has 0 aromatic heterocycles. The van der Waals surface area contributed by atoms with Gasteiger partial charge in [-0.05, 0) is 30.7 Å². The molecule has 0 aliphatic rings. The number of hydrogen-bond acceptors (Lipinski definition) is 5. The Morgan fingerprint density at radius 2 is 1.88 bits per heavy atom. The van der Waals surface area contributed by atoms with Crippen LogP contribution >= 0.6 is 0 Å². The quantitative estimate of drug-likeness (QED) is 0.807. The number of carbonyl (C=O) groups excluding carboxylic acids is 1. The molecule has 0 fully saturated rings. The van der Waals surface area contributed by atoms with Crippen LogP contribution in [0.2, 0.25) is 0 Å². The maximum atomic E-state index is 12.0. The normalized spacial score (nSPS) is 11.2. The zero-order valence-corrected chi connectivity index (χ0v) is 13.8. The van der Waals surface area contributed by atoms with Crippen LogP contribution in [0.4, 0.5) is 10.5 Å². The van der Waals surface area contributed by atoms with E-state index >= 15 is 0 Å². The molecule has 1 N–H and O–H groups in total. The number of rotatable bonds is 6. The number of nitrogens with one attached hydrogen (secondary N) is 1. The van der Waals surface area contributed by atoms with Crippen LogP contribution in [-0.2, 0) is 14.9 Å². The van der Waals surface area contributed by atoms with E-state index in [1.165, 1.54) is 18.2 Å². The second-order valence-corrected chi connectivity index (χ2v) is 6.09. The van der Waals surface area contributed by atoms with Gasteiger partial charge in [0.2, 0.25) is 0 Å². The minimum atomic E-state index is -3.91. The van der Waals surface area contributed by atoms with E-state index in [1.807, 2.05) is 6.07 Å². The number of amides is 1. The van der Waals surface area contributed by atoms with Crippen molar-refractivity contribution in [2.75, 3.05) is 11.9 Å². The van der Waals surface area contributed by atoms with Crippen molar-refractivity contribution >= 4 is 28.0 Å². The second kappa shape index (κ2) is 8.16. The lowest BCUT2D eigenvalue weighted by molar-refractivity contribution is 0.168. The van der Waals surface area contributed by atoms with Gasteiger partial charge in [-0.15, -0.1) is 0 Å². The van der Waals surface area contributed by atoms with Crippen LogP contribution in [0.5, 0.6) is 5.75 Å². The number of hydrogen-bond donors (Lipinski definition) is 1. The molecule has 0 aliphatic heterocycles. The first-order valence-electron chi connectivity index (χ1n) is 7.20. The fourth-order valence-corrected chi connectivity index (χ4v) is 2.55. The second-order valence-electron chi connectivity index (χ2n) is 4.66. The first-order chi connectivity index (χ1) is 11.5. The maximum absolute atomic E-state index is 12.0. The SMILES string of the molecule is CCOC(=O)Nc1cccc(OS(=O)(=O)C=Cc2ccccc2)c1. The third-order valence-corrected chi connectivity index (χ3v) is 3.69. The summed E-state index contributed by atoms with van der Waals surface area (Å²) in [7, 11) is -3.91. The summed E-state index contributed by atoms with van der Waals surface area (Å²) in [5.74, 6) is 0.0852. The van der Waals surface area contributed by atoms with Crippen molar-refractivity contribution in [3.63, 3.8) is 0 Å². The van der Waals surface area contributed by atoms with Crippen LogP contribution < -0.4 is 9.50 Å². The van der Waals surface area contributed by atoms with E-state index in [2.05, 4.69) is 5.32 Å². The molecule has 126 valence electrons. The molecule has 1 amide bonds. The largest absolute Gasteiger partial charge is 0.450 e. The monoisotopic (exact) mass is 347 g/mol. The van der Waals surface area contributed by atoms with E-state index in [1.54, 1.807) is 43.3 Å². The lowest BCUT2D eigenvalue weighted by Crippen LogP contribution is -2.13. The average Bonchev–Trinajstić information content (AvgIpc) is 2.54. The van der Waals surface area contributed by atoms with E-state index < -0.39 is 16.2 Å². The molecule has 0 bridgehead atoms. The Balaban J connectivity index is 2.06. The maximum Gasteiger partial charge on any atom is 0.411 e. The highest BCUT2D eigenvalue weighted by Gasteiger charge is 2.10. The summed E-state index contributed by atoms with van der Waals surface area (Å²) in [4.78, 5) is 11.4. The lowest BCUT2D eigenvalue weighted by Gasteiger charge is -2.07. The summed E-state index contributed by atoms with van der Waals surface area (Å²) in [6.45, 7) is 1.92. The number of ether oxygens (including phenoxy) is 1. The number of anilines is 1. The molecular formula is C17H17NO5S. The van der Waals surface area contributed by atoms with Gasteiger partial charge in [-0.25, -0.2) is 4.79 Å². The van der Waals surface area contributed by atoms with Crippen molar-refractivity contribution in [2.24, 2.45) is 0 Å². The summed E-state index contributed by atoms with van der Waals surface area (Å²) in [5.41, 5.74) is 1.11. The van der Waals surface area contributed by atoms with Crippen molar-refractivity contribution in [2.45, 2.75) is 6.92 Å². The molecule has 0 unspecified atom stereocenters. The van der Waals surface area contributed by atoms with Gasteiger partial charge in [0.15, 0.2) is 0 Å². The Kier molecular flexibility index (Phi) is 5.97. The first-order valence-corrected chi connectivity index (χ1v) is 8.67. The van der Waals surface area contributed by atoms with Gasteiger partial charge >= 0.3 is 16.2 Å². The molecule has 7 heteroatoms. The smallest absolute Gasteiger partial charge is 0.411 e. The lowest BCUT2D eigenvalue weighted by atomic mass is 10.2. The average molecular weight is 347 g/mol. The van der Waals surface area contributed by atoms with Crippen LogP contribution in [0.15, 0.2) is 60.0 Å². The van der Waals surface area contributed by atoms with E-state index in [-0.39, 0.29) is 12.4 Å². The molecule has 2 aromatic carbocycles. The molecule has 0 heterocycles. The van der Waals surface area contributed by atoms with Crippen LogP contribution in [0.3, 0.4) is 0 Å². The Hall–Kier alpha value is -2.80. The van der Waals surface area contributed by atoms with Gasteiger partial charge in [0.25, 0.3) is 0 Å². The van der Waals surface area contributed by atoms with Gasteiger partial charge in [-0.2, -0.15) is 8.42 Å². The number of benzene rings is 2. The fraction of sp³-hybridized carbons (Fsp3) is 0.118. The summed E-state index contributed by atoms with van der Waals surface area (Å²) in [6.07, 6.45) is 0.817. The van der Waals surface area contributed by atoms with E-state index in [0.29, 0.717) is 5.69 Å². The number of carbonyl (C=O) groups is 1. The molecule has 0 radical (unpaired) electrons. The van der Waals surface area contributed by atoms with Crippen molar-refractivity contribution < 1.29 is 22.1 Å². The molecule has 0 spiro atoms. The van der Waals surface area contributed by atoms with E-state index in [0.717, 1.165) is 11.0 Å². The van der Waals surface area contributed by atoms with Gasteiger partial charge < -0.3 is 8.92 Å². The minimum Gasteiger partial charge on any atom is -0.450 e. The summed E-state index contributed by atoms with van der Waals surface area (Å²) < 4.78 is 33.7. The van der Waals surface area contributed by atoms with Gasteiger partial charge in [-0.3, -0.25) is 5.32 Å². The third-order valence-electron chi connectivity index (χ3n) is 2.79. The Bertz CT molecular complexity index is 816. The van der Waals surface area contributed by atoms with Crippen molar-refractivity contribution in [1.82, 2.24) is 0 Å². The summed E-state index contributed by atoms with van der Waals surface area (Å²) >= 11 is 0. The van der Waals surface area contributed by atoms with Gasteiger partial charge in [0.1, 0.15) is 5.75 Å². The molecule has 0 saturated carbocycles. The summed E-state index contributed by atoms with van der Waals surface area (Å²) in [5, 5.41) is 3.45. The molecule has 24 heavy (non-hydrogen) atoms. The van der Waals surface area contributed by atoms with Crippen LogP contribution in [0.1, 0.15) is 12.5 Å². The highest BCUT2D eigenvalue weighted by molar-refractivity contribution is 7.90. The zero-order valence-electron chi connectivity index (χ0n) is 13.0. The van der Waals surface area contributed by atoms with Crippen molar-refractivity contribution in [1.29, 1.82) is 0 Å². The molecule has 0 saturated heterocycles. The minimum absolute atomic E-state index is 0.0852. The molecule has 6 nitrogen and oxygen atoms in total. The van der Waals surface area contributed by atoms with Gasteiger partial charge in [0.05, 0.1) is 12.0 Å².